The van der Waals surface area contributed by atoms with Crippen LogP contribution in [0.15, 0.2) is 58.1 Å². The van der Waals surface area contributed by atoms with E-state index in [1.165, 1.54) is 10.9 Å². The van der Waals surface area contributed by atoms with Crippen molar-refractivity contribution in [3.05, 3.63) is 58.7 Å². The lowest BCUT2D eigenvalue weighted by atomic mass is 10.1. The lowest BCUT2D eigenvalue weighted by Crippen LogP contribution is -2.28. The minimum Gasteiger partial charge on any atom is -0.497 e. The molecule has 0 unspecified atom stereocenters. The molecule has 0 spiro atoms. The fourth-order valence-corrected chi connectivity index (χ4v) is 3.65. The summed E-state index contributed by atoms with van der Waals surface area (Å²) in [5.74, 6) is 2.03. The van der Waals surface area contributed by atoms with Gasteiger partial charge in [0.05, 0.1) is 13.7 Å². The maximum Gasteiger partial charge on any atom is 0.119 e. The van der Waals surface area contributed by atoms with Gasteiger partial charge in [0, 0.05) is 40.2 Å². The van der Waals surface area contributed by atoms with Gasteiger partial charge in [0.1, 0.15) is 11.6 Å². The molecule has 0 fully saturated rings. The van der Waals surface area contributed by atoms with E-state index in [0.717, 1.165) is 53.2 Å². The fourth-order valence-electron chi connectivity index (χ4n) is 3.29. The van der Waals surface area contributed by atoms with Crippen molar-refractivity contribution in [2.75, 3.05) is 18.6 Å². The second kappa shape index (κ2) is 8.14. The molecule has 4 rings (SSSR count). The van der Waals surface area contributed by atoms with Gasteiger partial charge in [-0.2, -0.15) is 0 Å². The molecule has 0 radical (unpaired) electrons. The number of ether oxygens (including phenoxy) is 1. The van der Waals surface area contributed by atoms with E-state index in [4.69, 9.17) is 9.73 Å². The number of aliphatic imine (C=N–C) groups is 1. The van der Waals surface area contributed by atoms with Crippen LogP contribution in [-0.2, 0) is 6.54 Å². The topological polar surface area (TPSA) is 40.6 Å². The van der Waals surface area contributed by atoms with Gasteiger partial charge in [-0.3, -0.25) is 4.99 Å². The predicted molar refractivity (Wildman–Crippen MR) is 114 cm³/mol. The fraction of sp³-hybridized carbons (Fsp3) is 0.250. The Morgan fingerprint density at radius 1 is 1.19 bits per heavy atom. The highest BCUT2D eigenvalue weighted by Gasteiger charge is 2.19. The number of aromatic amines is 1. The van der Waals surface area contributed by atoms with Gasteiger partial charge >= 0.3 is 0 Å². The number of amidine groups is 1. The molecule has 1 aromatic heterocycles. The zero-order valence-electron chi connectivity index (χ0n) is 14.5. The lowest BCUT2D eigenvalue weighted by molar-refractivity contribution is 0.415. The molecule has 6 heteroatoms. The molecule has 0 bridgehead atoms. The molecule has 4 nitrogen and oxygen atoms in total. The Labute approximate surface area is 167 Å². The summed E-state index contributed by atoms with van der Waals surface area (Å²) in [5.41, 5.74) is 3.56. The molecular formula is C20H21BrClN3O. The summed E-state index contributed by atoms with van der Waals surface area (Å²) in [4.78, 5) is 10.4. The first-order valence-electron chi connectivity index (χ1n) is 8.45. The molecule has 2 aromatic carbocycles. The van der Waals surface area contributed by atoms with Gasteiger partial charge in [0.2, 0.25) is 0 Å². The third-order valence-corrected chi connectivity index (χ3v) is 5.10. The maximum absolute atomic E-state index is 5.29. The summed E-state index contributed by atoms with van der Waals surface area (Å²) in [6, 6.07) is 14.5. The zero-order valence-corrected chi connectivity index (χ0v) is 16.9. The Morgan fingerprint density at radius 3 is 2.69 bits per heavy atom. The standard InChI is InChI=1S/C20H20BrN3O.ClH/c1-25-17-7-5-16(6-8-17)24(20-3-2-10-22-20)13-14-12-23-19-9-4-15(21)11-18(14)19;/h4-9,11-12,23H,2-3,10,13H2,1H3;1H. The van der Waals surface area contributed by atoms with Crippen LogP contribution in [0.3, 0.4) is 0 Å². The second-order valence-corrected chi connectivity index (χ2v) is 7.11. The average molecular weight is 435 g/mol. The summed E-state index contributed by atoms with van der Waals surface area (Å²) in [5, 5.41) is 1.24. The number of nitrogens with one attached hydrogen (secondary N) is 1. The molecule has 2 heterocycles. The zero-order chi connectivity index (χ0) is 17.2. The summed E-state index contributed by atoms with van der Waals surface area (Å²) in [6.07, 6.45) is 4.25. The van der Waals surface area contributed by atoms with Gasteiger partial charge in [-0.1, -0.05) is 15.9 Å². The van der Waals surface area contributed by atoms with Crippen LogP contribution in [0.4, 0.5) is 5.69 Å². The number of benzene rings is 2. The molecule has 3 aromatic rings. The Kier molecular flexibility index (Phi) is 5.89. The van der Waals surface area contributed by atoms with Gasteiger partial charge in [-0.05, 0) is 54.4 Å². The van der Waals surface area contributed by atoms with Gasteiger partial charge in [0.25, 0.3) is 0 Å². The molecule has 0 saturated carbocycles. The number of fused-ring (bicyclic) bond motifs is 1. The van der Waals surface area contributed by atoms with E-state index in [0.29, 0.717) is 0 Å². The van der Waals surface area contributed by atoms with Crippen molar-refractivity contribution in [2.24, 2.45) is 4.99 Å². The van der Waals surface area contributed by atoms with Gasteiger partial charge in [-0.25, -0.2) is 0 Å². The van der Waals surface area contributed by atoms with Crippen molar-refractivity contribution < 1.29 is 4.74 Å². The van der Waals surface area contributed by atoms with E-state index in [-0.39, 0.29) is 12.4 Å². The summed E-state index contributed by atoms with van der Waals surface area (Å²) in [6.45, 7) is 1.71. The summed E-state index contributed by atoms with van der Waals surface area (Å²) >= 11 is 3.58. The highest BCUT2D eigenvalue weighted by molar-refractivity contribution is 9.10. The molecule has 0 saturated heterocycles. The van der Waals surface area contributed by atoms with E-state index in [9.17, 15) is 0 Å². The Bertz CT molecular complexity index is 920. The van der Waals surface area contributed by atoms with Crippen molar-refractivity contribution in [1.29, 1.82) is 0 Å². The van der Waals surface area contributed by atoms with Crippen LogP contribution in [0.1, 0.15) is 18.4 Å². The Hall–Kier alpha value is -1.98. The van der Waals surface area contributed by atoms with Crippen molar-refractivity contribution >= 4 is 50.8 Å². The predicted octanol–water partition coefficient (Wildman–Crippen LogP) is 5.56. The van der Waals surface area contributed by atoms with Crippen LogP contribution < -0.4 is 9.64 Å². The molecule has 26 heavy (non-hydrogen) atoms. The van der Waals surface area contributed by atoms with Crippen molar-refractivity contribution in [3.63, 3.8) is 0 Å². The lowest BCUT2D eigenvalue weighted by Gasteiger charge is -2.25. The highest BCUT2D eigenvalue weighted by Crippen LogP contribution is 2.28. The first-order valence-corrected chi connectivity index (χ1v) is 9.24. The van der Waals surface area contributed by atoms with Crippen LogP contribution in [0, 0.1) is 0 Å². The third kappa shape index (κ3) is 3.74. The molecular weight excluding hydrogens is 414 g/mol. The molecule has 1 N–H and O–H groups in total. The van der Waals surface area contributed by atoms with Gasteiger partial charge in [-0.15, -0.1) is 12.4 Å². The second-order valence-electron chi connectivity index (χ2n) is 6.19. The molecule has 1 aliphatic rings. The van der Waals surface area contributed by atoms with E-state index in [1.54, 1.807) is 7.11 Å². The first kappa shape index (κ1) is 18.8. The van der Waals surface area contributed by atoms with Crippen LogP contribution in [0.25, 0.3) is 10.9 Å². The van der Waals surface area contributed by atoms with Crippen molar-refractivity contribution in [3.8, 4) is 5.75 Å². The van der Waals surface area contributed by atoms with Crippen molar-refractivity contribution in [1.82, 2.24) is 4.98 Å². The number of aromatic nitrogens is 1. The maximum atomic E-state index is 5.29. The van der Waals surface area contributed by atoms with E-state index in [1.807, 2.05) is 12.1 Å². The van der Waals surface area contributed by atoms with Gasteiger partial charge < -0.3 is 14.6 Å². The van der Waals surface area contributed by atoms with Crippen LogP contribution in [-0.4, -0.2) is 24.5 Å². The van der Waals surface area contributed by atoms with Crippen LogP contribution >= 0.6 is 28.3 Å². The summed E-state index contributed by atoms with van der Waals surface area (Å²) < 4.78 is 6.38. The molecule has 0 amide bonds. The molecule has 136 valence electrons. The van der Waals surface area contributed by atoms with Gasteiger partial charge in [0.15, 0.2) is 0 Å². The monoisotopic (exact) mass is 433 g/mol. The minimum atomic E-state index is 0. The first-order chi connectivity index (χ1) is 12.2. The molecule has 0 aliphatic carbocycles. The van der Waals surface area contributed by atoms with E-state index >= 15 is 0 Å². The van der Waals surface area contributed by atoms with E-state index in [2.05, 4.69) is 62.3 Å². The van der Waals surface area contributed by atoms with Crippen LogP contribution in [0.5, 0.6) is 5.75 Å². The average Bonchev–Trinajstić information content (AvgIpc) is 3.30. The number of hydrogen-bond donors (Lipinski definition) is 1. The number of rotatable bonds is 4. The largest absolute Gasteiger partial charge is 0.497 e. The SMILES string of the molecule is COc1ccc(N(Cc2c[nH]c3ccc(Br)cc23)C2=NCCC2)cc1.Cl. The molecule has 0 atom stereocenters. The number of H-pyrrole nitrogens is 1. The number of anilines is 1. The Balaban J connectivity index is 0.00000196. The number of hydrogen-bond acceptors (Lipinski definition) is 3. The number of nitrogens with zero attached hydrogens (tertiary/aromatic N) is 2. The smallest absolute Gasteiger partial charge is 0.119 e. The van der Waals surface area contributed by atoms with Crippen LogP contribution in [0.2, 0.25) is 0 Å². The molecule has 1 aliphatic heterocycles. The highest BCUT2D eigenvalue weighted by atomic mass is 79.9. The Morgan fingerprint density at radius 2 is 2.00 bits per heavy atom. The van der Waals surface area contributed by atoms with E-state index < -0.39 is 0 Å². The number of methoxy groups -OCH3 is 1. The summed E-state index contributed by atoms with van der Waals surface area (Å²) in [7, 11) is 1.69. The normalized spacial score (nSPS) is 13.4. The quantitative estimate of drug-likeness (QED) is 0.584. The third-order valence-electron chi connectivity index (χ3n) is 4.61. The number of halogens is 2. The minimum absolute atomic E-state index is 0. The van der Waals surface area contributed by atoms with Crippen molar-refractivity contribution in [2.45, 2.75) is 19.4 Å².